The lowest BCUT2D eigenvalue weighted by atomic mass is 10.2. The van der Waals surface area contributed by atoms with Crippen molar-refractivity contribution in [2.45, 2.75) is 6.54 Å². The van der Waals surface area contributed by atoms with Crippen LogP contribution in [0.5, 0.6) is 5.75 Å². The van der Waals surface area contributed by atoms with Gasteiger partial charge in [-0.3, -0.25) is 0 Å². The lowest BCUT2D eigenvalue weighted by Gasteiger charge is -2.11. The Balaban J connectivity index is 1.65. The lowest BCUT2D eigenvalue weighted by molar-refractivity contribution is 0.387. The molecule has 4 heterocycles. The van der Waals surface area contributed by atoms with Gasteiger partial charge < -0.3 is 9.30 Å². The number of nitrogens with zero attached hydrogens (tertiary/aromatic N) is 5. The Bertz CT molecular complexity index is 1280. The molecular weight excluding hydrogens is 391 g/mol. The van der Waals surface area contributed by atoms with Crippen LogP contribution in [0.2, 0.25) is 0 Å². The summed E-state index contributed by atoms with van der Waals surface area (Å²) in [6, 6.07) is 13.0. The Morgan fingerprint density at radius 2 is 2.14 bits per heavy atom. The molecular formula is C20H15FN6OS. The Labute approximate surface area is 168 Å². The molecule has 0 saturated carbocycles. The minimum atomic E-state index is -0.398. The normalized spacial score (nSPS) is 11.2. The number of aromatic nitrogens is 6. The van der Waals surface area contributed by atoms with Crippen molar-refractivity contribution in [1.82, 2.24) is 30.2 Å². The number of nitrogens with one attached hydrogen (secondary N) is 1. The van der Waals surface area contributed by atoms with Crippen molar-refractivity contribution in [3.63, 3.8) is 0 Å². The fourth-order valence-electron chi connectivity index (χ4n) is 3.36. The molecule has 0 aliphatic heterocycles. The fraction of sp³-hybridized carbons (Fsp3) is 0.100. The standard InChI is InChI=1S/C20H15FN6OS/c1-28-19-8-13-7-17(12-5-6-29-11-12)27(18(13)9-15(19)21)10-14-3-2-4-16(22-14)20-23-25-26-24-20/h2-9,11H,10H2,1H3,(H,23,24,25,26). The third-order valence-corrected chi connectivity index (χ3v) is 5.38. The minimum Gasteiger partial charge on any atom is -0.494 e. The molecule has 5 rings (SSSR count). The molecule has 1 aromatic carbocycles. The zero-order valence-corrected chi connectivity index (χ0v) is 16.2. The van der Waals surface area contributed by atoms with Gasteiger partial charge in [0.15, 0.2) is 11.6 Å². The van der Waals surface area contributed by atoms with Crippen molar-refractivity contribution < 1.29 is 9.13 Å². The second-order valence-corrected chi connectivity index (χ2v) is 7.20. The summed E-state index contributed by atoms with van der Waals surface area (Å²) in [6.07, 6.45) is 0. The zero-order valence-electron chi connectivity index (χ0n) is 15.3. The van der Waals surface area contributed by atoms with Gasteiger partial charge in [0.05, 0.1) is 30.6 Å². The summed E-state index contributed by atoms with van der Waals surface area (Å²) in [6.45, 7) is 0.464. The topological polar surface area (TPSA) is 81.5 Å². The number of methoxy groups -OCH3 is 1. The molecule has 4 aromatic heterocycles. The molecule has 144 valence electrons. The number of hydrogen-bond donors (Lipinski definition) is 1. The molecule has 0 radical (unpaired) electrons. The van der Waals surface area contributed by atoms with Gasteiger partial charge in [-0.2, -0.15) is 16.6 Å². The number of pyridine rings is 1. The van der Waals surface area contributed by atoms with Crippen LogP contribution in [0, 0.1) is 5.82 Å². The number of aromatic amines is 1. The van der Waals surface area contributed by atoms with Crippen LogP contribution in [-0.2, 0) is 6.54 Å². The van der Waals surface area contributed by atoms with E-state index >= 15 is 0 Å². The first-order chi connectivity index (χ1) is 14.2. The maximum atomic E-state index is 14.5. The quantitative estimate of drug-likeness (QED) is 0.474. The van der Waals surface area contributed by atoms with Gasteiger partial charge in [-0.05, 0) is 40.9 Å². The van der Waals surface area contributed by atoms with Crippen molar-refractivity contribution in [1.29, 1.82) is 0 Å². The zero-order chi connectivity index (χ0) is 19.8. The summed E-state index contributed by atoms with van der Waals surface area (Å²) in [7, 11) is 1.47. The number of H-pyrrole nitrogens is 1. The van der Waals surface area contributed by atoms with Crippen molar-refractivity contribution in [2.75, 3.05) is 7.11 Å². The number of benzene rings is 1. The van der Waals surface area contributed by atoms with E-state index in [0.29, 0.717) is 18.1 Å². The molecule has 0 aliphatic rings. The number of hydrogen-bond acceptors (Lipinski definition) is 6. The summed E-state index contributed by atoms with van der Waals surface area (Å²) in [4.78, 5) is 4.65. The first-order valence-corrected chi connectivity index (χ1v) is 9.76. The molecule has 5 aromatic rings. The van der Waals surface area contributed by atoms with Gasteiger partial charge in [-0.25, -0.2) is 9.37 Å². The number of rotatable bonds is 5. The van der Waals surface area contributed by atoms with E-state index in [4.69, 9.17) is 4.74 Å². The van der Waals surface area contributed by atoms with Gasteiger partial charge in [0.25, 0.3) is 0 Å². The van der Waals surface area contributed by atoms with Crippen LogP contribution in [0.1, 0.15) is 5.69 Å². The highest BCUT2D eigenvalue weighted by Crippen LogP contribution is 2.33. The van der Waals surface area contributed by atoms with Crippen LogP contribution in [0.25, 0.3) is 33.7 Å². The molecule has 0 spiro atoms. The van der Waals surface area contributed by atoms with E-state index < -0.39 is 5.82 Å². The smallest absolute Gasteiger partial charge is 0.222 e. The monoisotopic (exact) mass is 406 g/mol. The van der Waals surface area contributed by atoms with Crippen LogP contribution in [0.15, 0.2) is 53.2 Å². The van der Waals surface area contributed by atoms with E-state index in [-0.39, 0.29) is 5.75 Å². The number of fused-ring (bicyclic) bond motifs is 1. The summed E-state index contributed by atoms with van der Waals surface area (Å²) >= 11 is 1.62. The number of halogens is 1. The summed E-state index contributed by atoms with van der Waals surface area (Å²) in [5.74, 6) is 0.256. The maximum Gasteiger partial charge on any atom is 0.222 e. The number of tetrazole rings is 1. The van der Waals surface area contributed by atoms with E-state index in [2.05, 4.69) is 35.6 Å². The molecule has 0 aliphatic carbocycles. The molecule has 0 unspecified atom stereocenters. The molecule has 0 amide bonds. The van der Waals surface area contributed by atoms with Crippen LogP contribution < -0.4 is 4.74 Å². The molecule has 7 nitrogen and oxygen atoms in total. The van der Waals surface area contributed by atoms with Crippen LogP contribution in [0.4, 0.5) is 4.39 Å². The van der Waals surface area contributed by atoms with E-state index in [0.717, 1.165) is 27.9 Å². The SMILES string of the molecule is COc1cc2cc(-c3ccsc3)n(Cc3cccc(-c4nn[nH]n4)n3)c2cc1F. The molecule has 29 heavy (non-hydrogen) atoms. The average Bonchev–Trinajstić information content (AvgIpc) is 3.49. The van der Waals surface area contributed by atoms with Gasteiger partial charge in [0.2, 0.25) is 5.82 Å². The van der Waals surface area contributed by atoms with Gasteiger partial charge in [-0.15, -0.1) is 10.2 Å². The van der Waals surface area contributed by atoms with Crippen LogP contribution in [0.3, 0.4) is 0 Å². The molecule has 1 N–H and O–H groups in total. The van der Waals surface area contributed by atoms with Crippen LogP contribution >= 0.6 is 11.3 Å². The lowest BCUT2D eigenvalue weighted by Crippen LogP contribution is -2.04. The maximum absolute atomic E-state index is 14.5. The van der Waals surface area contributed by atoms with E-state index in [1.807, 2.05) is 35.7 Å². The van der Waals surface area contributed by atoms with E-state index in [9.17, 15) is 4.39 Å². The highest BCUT2D eigenvalue weighted by Gasteiger charge is 2.16. The predicted molar refractivity (Wildman–Crippen MR) is 108 cm³/mol. The Hall–Kier alpha value is -3.59. The summed E-state index contributed by atoms with van der Waals surface area (Å²) < 4.78 is 21.7. The molecule has 0 bridgehead atoms. The van der Waals surface area contributed by atoms with Crippen molar-refractivity contribution in [2.24, 2.45) is 0 Å². The molecule has 0 atom stereocenters. The Morgan fingerprint density at radius 3 is 2.90 bits per heavy atom. The number of ether oxygens (including phenoxy) is 1. The third-order valence-electron chi connectivity index (χ3n) is 4.69. The highest BCUT2D eigenvalue weighted by atomic mass is 32.1. The van der Waals surface area contributed by atoms with Crippen LogP contribution in [-0.4, -0.2) is 37.3 Å². The summed E-state index contributed by atoms with van der Waals surface area (Å²) in [5.41, 5.74) is 4.26. The van der Waals surface area contributed by atoms with Crippen molar-refractivity contribution in [3.8, 4) is 28.5 Å². The highest BCUT2D eigenvalue weighted by molar-refractivity contribution is 7.08. The summed E-state index contributed by atoms with van der Waals surface area (Å²) in [5, 5.41) is 19.0. The van der Waals surface area contributed by atoms with Crippen molar-refractivity contribution >= 4 is 22.2 Å². The molecule has 0 saturated heterocycles. The predicted octanol–water partition coefficient (Wildman–Crippen LogP) is 4.14. The van der Waals surface area contributed by atoms with E-state index in [1.54, 1.807) is 17.4 Å². The second kappa shape index (κ2) is 7.10. The second-order valence-electron chi connectivity index (χ2n) is 6.42. The van der Waals surface area contributed by atoms with Gasteiger partial charge in [0, 0.05) is 22.4 Å². The van der Waals surface area contributed by atoms with E-state index in [1.165, 1.54) is 13.2 Å². The molecule has 0 fully saturated rings. The van der Waals surface area contributed by atoms with Crippen molar-refractivity contribution in [3.05, 3.63) is 64.7 Å². The fourth-order valence-corrected chi connectivity index (χ4v) is 4.01. The minimum absolute atomic E-state index is 0.226. The largest absolute Gasteiger partial charge is 0.494 e. The Kier molecular flexibility index (Phi) is 4.28. The third kappa shape index (κ3) is 3.15. The van der Waals surface area contributed by atoms with Gasteiger partial charge in [0.1, 0.15) is 5.69 Å². The van der Waals surface area contributed by atoms with Gasteiger partial charge >= 0.3 is 0 Å². The first kappa shape index (κ1) is 17.5. The number of thiophene rings is 1. The molecule has 9 heteroatoms. The van der Waals surface area contributed by atoms with Gasteiger partial charge in [-0.1, -0.05) is 6.07 Å². The first-order valence-electron chi connectivity index (χ1n) is 8.82. The average molecular weight is 406 g/mol. The Morgan fingerprint density at radius 1 is 1.21 bits per heavy atom.